The van der Waals surface area contributed by atoms with Crippen LogP contribution in [0.15, 0.2) is 53.0 Å². The van der Waals surface area contributed by atoms with E-state index in [4.69, 9.17) is 18.6 Å². The van der Waals surface area contributed by atoms with Gasteiger partial charge >= 0.3 is 17.9 Å². The molecule has 1 N–H and O–H groups in total. The molecule has 6 atom stereocenters. The molecule has 1 aromatic heterocycles. The number of amides is 1. The van der Waals surface area contributed by atoms with Crippen LogP contribution in [0.4, 0.5) is 0 Å². The van der Waals surface area contributed by atoms with Crippen LogP contribution in [0.25, 0.3) is 0 Å². The molecule has 0 unspecified atom stereocenters. The highest BCUT2D eigenvalue weighted by molar-refractivity contribution is 6.04. The van der Waals surface area contributed by atoms with Crippen molar-refractivity contribution >= 4 is 29.6 Å². The predicted molar refractivity (Wildman–Crippen MR) is 136 cm³/mol. The Balaban J connectivity index is 1.38. The molecule has 4 aliphatic rings. The number of furan rings is 1. The van der Waals surface area contributed by atoms with Crippen LogP contribution in [-0.2, 0) is 35.1 Å². The third kappa shape index (κ3) is 3.80. The van der Waals surface area contributed by atoms with E-state index in [9.17, 15) is 24.0 Å². The van der Waals surface area contributed by atoms with E-state index in [1.54, 1.807) is 12.1 Å². The van der Waals surface area contributed by atoms with Crippen LogP contribution in [0.1, 0.15) is 71.1 Å². The summed E-state index contributed by atoms with van der Waals surface area (Å²) in [6.45, 7) is 4.04. The molecule has 2 aliphatic carbocycles. The van der Waals surface area contributed by atoms with E-state index in [1.807, 2.05) is 13.8 Å². The molecule has 1 saturated heterocycles. The van der Waals surface area contributed by atoms with Crippen LogP contribution in [0.2, 0.25) is 0 Å². The molecule has 40 heavy (non-hydrogen) atoms. The van der Waals surface area contributed by atoms with Crippen LogP contribution in [0.3, 0.4) is 0 Å². The molecular weight excluding hydrogens is 518 g/mol. The van der Waals surface area contributed by atoms with Crippen molar-refractivity contribution in [2.75, 3.05) is 7.11 Å². The molecule has 0 bridgehead atoms. The summed E-state index contributed by atoms with van der Waals surface area (Å²) in [5.41, 5.74) is 0.184. The lowest BCUT2D eigenvalue weighted by Crippen LogP contribution is -2.61. The first-order valence-corrected chi connectivity index (χ1v) is 13.3. The van der Waals surface area contributed by atoms with Crippen molar-refractivity contribution in [1.29, 1.82) is 0 Å². The summed E-state index contributed by atoms with van der Waals surface area (Å²) in [6.07, 6.45) is 4.93. The van der Waals surface area contributed by atoms with E-state index in [0.29, 0.717) is 36.0 Å². The first-order chi connectivity index (χ1) is 19.1. The Morgan fingerprint density at radius 1 is 1.10 bits per heavy atom. The first-order valence-electron chi connectivity index (χ1n) is 13.3. The number of hydrogen-bond acceptors (Lipinski definition) is 9. The number of rotatable bonds is 4. The van der Waals surface area contributed by atoms with E-state index in [1.165, 1.54) is 37.8 Å². The van der Waals surface area contributed by atoms with Crippen LogP contribution in [0.5, 0.6) is 0 Å². The van der Waals surface area contributed by atoms with Gasteiger partial charge in [0.1, 0.15) is 6.10 Å². The molecule has 6 rings (SSSR count). The Hall–Kier alpha value is -4.21. The first kappa shape index (κ1) is 26.0. The monoisotopic (exact) mass is 547 g/mol. The Kier molecular flexibility index (Phi) is 5.97. The van der Waals surface area contributed by atoms with Crippen molar-refractivity contribution in [2.24, 2.45) is 28.6 Å². The number of ketones is 1. The SMILES string of the molecule is COC(=O)[C@@H]1C=C(OC(=O)c2ccc3c(c2)CNC3=O)C(=O)[C@H]2[C@@]1(C)CC[C@H]1C(=O)O[C@H](c3ccoc3)C[C@]21C. The molecule has 0 spiro atoms. The minimum absolute atomic E-state index is 0.168. The fourth-order valence-electron chi connectivity index (χ4n) is 7.41. The van der Waals surface area contributed by atoms with Gasteiger partial charge in [0.05, 0.1) is 37.0 Å². The number of fused-ring (bicyclic) bond motifs is 4. The Bertz CT molecular complexity index is 1470. The molecule has 3 heterocycles. The molecule has 1 aromatic carbocycles. The van der Waals surface area contributed by atoms with Gasteiger partial charge in [-0.1, -0.05) is 13.8 Å². The Labute approximate surface area is 230 Å². The minimum atomic E-state index is -0.904. The average Bonchev–Trinajstić information content (AvgIpc) is 3.59. The zero-order chi connectivity index (χ0) is 28.4. The zero-order valence-electron chi connectivity index (χ0n) is 22.4. The topological polar surface area (TPSA) is 138 Å². The maximum Gasteiger partial charge on any atom is 0.343 e. The van der Waals surface area contributed by atoms with Crippen molar-refractivity contribution in [3.8, 4) is 0 Å². The summed E-state index contributed by atoms with van der Waals surface area (Å²) in [5.74, 6) is -4.95. The number of carbonyl (C=O) groups excluding carboxylic acids is 5. The maximum absolute atomic E-state index is 14.3. The number of esters is 3. The average molecular weight is 548 g/mol. The number of methoxy groups -OCH3 is 1. The van der Waals surface area contributed by atoms with Crippen molar-refractivity contribution in [2.45, 2.75) is 45.8 Å². The largest absolute Gasteiger partial charge is 0.472 e. The van der Waals surface area contributed by atoms with Gasteiger partial charge in [-0.25, -0.2) is 4.79 Å². The highest BCUT2D eigenvalue weighted by atomic mass is 16.6. The second-order valence-electron chi connectivity index (χ2n) is 11.6. The Morgan fingerprint density at radius 3 is 2.62 bits per heavy atom. The van der Waals surface area contributed by atoms with Crippen molar-refractivity contribution in [3.05, 3.63) is 70.9 Å². The van der Waals surface area contributed by atoms with E-state index >= 15 is 0 Å². The maximum atomic E-state index is 14.3. The van der Waals surface area contributed by atoms with Gasteiger partial charge in [0.2, 0.25) is 5.78 Å². The normalized spacial score (nSPS) is 32.6. The molecule has 2 aromatic rings. The van der Waals surface area contributed by atoms with Gasteiger partial charge in [-0.15, -0.1) is 0 Å². The third-order valence-corrected chi connectivity index (χ3v) is 9.39. The summed E-state index contributed by atoms with van der Waals surface area (Å²) < 4.78 is 21.8. The zero-order valence-corrected chi connectivity index (χ0v) is 22.4. The van der Waals surface area contributed by atoms with Crippen LogP contribution >= 0.6 is 0 Å². The summed E-state index contributed by atoms with van der Waals surface area (Å²) in [5, 5.41) is 2.70. The van der Waals surface area contributed by atoms with Gasteiger partial charge in [-0.2, -0.15) is 0 Å². The molecule has 2 fully saturated rings. The minimum Gasteiger partial charge on any atom is -0.472 e. The highest BCUT2D eigenvalue weighted by Gasteiger charge is 2.66. The molecule has 10 nitrogen and oxygen atoms in total. The molecule has 0 radical (unpaired) electrons. The smallest absolute Gasteiger partial charge is 0.343 e. The number of hydrogen-bond donors (Lipinski definition) is 1. The van der Waals surface area contributed by atoms with Gasteiger partial charge in [0, 0.05) is 23.6 Å². The van der Waals surface area contributed by atoms with E-state index in [2.05, 4.69) is 5.32 Å². The third-order valence-electron chi connectivity index (χ3n) is 9.39. The fourth-order valence-corrected chi connectivity index (χ4v) is 7.41. The lowest BCUT2D eigenvalue weighted by molar-refractivity contribution is -0.197. The van der Waals surface area contributed by atoms with Crippen molar-refractivity contribution in [3.63, 3.8) is 0 Å². The number of ether oxygens (including phenoxy) is 3. The van der Waals surface area contributed by atoms with Crippen LogP contribution in [0, 0.1) is 28.6 Å². The Morgan fingerprint density at radius 2 is 1.90 bits per heavy atom. The highest BCUT2D eigenvalue weighted by Crippen LogP contribution is 2.64. The summed E-state index contributed by atoms with van der Waals surface area (Å²) >= 11 is 0. The van der Waals surface area contributed by atoms with E-state index in [0.717, 1.165) is 0 Å². The number of allylic oxidation sites excluding steroid dienone is 1. The fraction of sp³-hybridized carbons (Fsp3) is 0.433. The predicted octanol–water partition coefficient (Wildman–Crippen LogP) is 3.66. The second kappa shape index (κ2) is 9.18. The standard InChI is InChI=1S/C30H29NO9/c1-29-8-6-19-28(36)40-22(16-7-9-38-14-16)12-30(19,2)24(29)23(32)21(11-20(29)27(35)37-3)39-26(34)15-4-5-18-17(10-15)13-31-25(18)33/h4-5,7,9-11,14,19-20,22,24H,6,8,12-13H2,1-3H3,(H,31,33)/t19-,20-,22-,24-,29-,30-/m0/s1. The summed E-state index contributed by atoms with van der Waals surface area (Å²) in [4.78, 5) is 65.8. The lowest BCUT2D eigenvalue weighted by Gasteiger charge is -2.59. The van der Waals surface area contributed by atoms with Gasteiger partial charge in [0.15, 0.2) is 5.76 Å². The number of Topliss-reactive ketones (excluding diaryl/α,β-unsaturated/α-hetero) is 1. The van der Waals surface area contributed by atoms with Gasteiger partial charge in [-0.3, -0.25) is 19.2 Å². The van der Waals surface area contributed by atoms with E-state index < -0.39 is 58.4 Å². The number of cyclic esters (lactones) is 1. The number of carbonyl (C=O) groups is 5. The molecule has 2 aliphatic heterocycles. The summed E-state index contributed by atoms with van der Waals surface area (Å²) in [6, 6.07) is 6.27. The van der Waals surface area contributed by atoms with Crippen LogP contribution in [-0.4, -0.2) is 36.7 Å². The molecule has 208 valence electrons. The van der Waals surface area contributed by atoms with E-state index in [-0.39, 0.29) is 23.8 Å². The number of nitrogens with one attached hydrogen (secondary N) is 1. The second-order valence-corrected chi connectivity index (χ2v) is 11.6. The summed E-state index contributed by atoms with van der Waals surface area (Å²) in [7, 11) is 1.27. The van der Waals surface area contributed by atoms with Gasteiger partial charge in [0.25, 0.3) is 5.91 Å². The molecular formula is C30H29NO9. The molecule has 1 saturated carbocycles. The van der Waals surface area contributed by atoms with Crippen molar-refractivity contribution < 1.29 is 42.6 Å². The number of benzene rings is 1. The lowest BCUT2D eigenvalue weighted by atomic mass is 9.44. The van der Waals surface area contributed by atoms with Crippen molar-refractivity contribution in [1.82, 2.24) is 5.32 Å². The molecule has 1 amide bonds. The molecule has 10 heteroatoms. The van der Waals surface area contributed by atoms with Gasteiger partial charge in [-0.05, 0) is 66.0 Å². The quantitative estimate of drug-likeness (QED) is 0.449. The van der Waals surface area contributed by atoms with Crippen LogP contribution < -0.4 is 5.32 Å². The van der Waals surface area contributed by atoms with Gasteiger partial charge < -0.3 is 23.9 Å².